The molecule has 98 valence electrons. The van der Waals surface area contributed by atoms with E-state index in [0.29, 0.717) is 17.7 Å². The summed E-state index contributed by atoms with van der Waals surface area (Å²) in [4.78, 5) is 11.5. The highest BCUT2D eigenvalue weighted by Gasteiger charge is 2.04. The average Bonchev–Trinajstić information content (AvgIpc) is 2.37. The lowest BCUT2D eigenvalue weighted by atomic mass is 10.1. The van der Waals surface area contributed by atoms with E-state index in [4.69, 9.17) is 0 Å². The SMILES string of the molecule is CCCCCC(=O)N/N=C(\C)c1ccccc1O. The van der Waals surface area contributed by atoms with E-state index < -0.39 is 0 Å². The van der Waals surface area contributed by atoms with Gasteiger partial charge in [0.25, 0.3) is 0 Å². The second kappa shape index (κ2) is 7.48. The molecule has 0 spiro atoms. The Balaban J connectivity index is 2.52. The van der Waals surface area contributed by atoms with Crippen molar-refractivity contribution in [3.05, 3.63) is 29.8 Å². The molecule has 4 heteroatoms. The second-order valence-corrected chi connectivity index (χ2v) is 4.21. The van der Waals surface area contributed by atoms with Gasteiger partial charge in [0.1, 0.15) is 5.75 Å². The smallest absolute Gasteiger partial charge is 0.240 e. The van der Waals surface area contributed by atoms with Gasteiger partial charge in [-0.25, -0.2) is 5.43 Å². The molecule has 1 rings (SSSR count). The molecule has 4 nitrogen and oxygen atoms in total. The molecule has 0 unspecified atom stereocenters. The molecule has 0 atom stereocenters. The number of unbranched alkanes of at least 4 members (excludes halogenated alkanes) is 2. The summed E-state index contributed by atoms with van der Waals surface area (Å²) in [5.41, 5.74) is 3.73. The lowest BCUT2D eigenvalue weighted by molar-refractivity contribution is -0.121. The van der Waals surface area contributed by atoms with E-state index in [2.05, 4.69) is 17.5 Å². The van der Waals surface area contributed by atoms with Gasteiger partial charge in [-0.05, 0) is 25.5 Å². The highest BCUT2D eigenvalue weighted by molar-refractivity contribution is 6.01. The summed E-state index contributed by atoms with van der Waals surface area (Å²) in [6.45, 7) is 3.85. The summed E-state index contributed by atoms with van der Waals surface area (Å²) in [7, 11) is 0. The fourth-order valence-electron chi connectivity index (χ4n) is 1.58. The van der Waals surface area contributed by atoms with Crippen molar-refractivity contribution >= 4 is 11.6 Å². The molecule has 1 aromatic carbocycles. The van der Waals surface area contributed by atoms with E-state index in [1.54, 1.807) is 25.1 Å². The van der Waals surface area contributed by atoms with Crippen LogP contribution < -0.4 is 5.43 Å². The third-order valence-electron chi connectivity index (χ3n) is 2.65. The second-order valence-electron chi connectivity index (χ2n) is 4.21. The van der Waals surface area contributed by atoms with Crippen LogP contribution in [-0.2, 0) is 4.79 Å². The minimum Gasteiger partial charge on any atom is -0.507 e. The molecular formula is C14H20N2O2. The van der Waals surface area contributed by atoms with Crippen molar-refractivity contribution in [2.24, 2.45) is 5.10 Å². The van der Waals surface area contributed by atoms with Crippen molar-refractivity contribution in [3.63, 3.8) is 0 Å². The molecule has 0 radical (unpaired) electrons. The quantitative estimate of drug-likeness (QED) is 0.462. The lowest BCUT2D eigenvalue weighted by Gasteiger charge is -2.04. The van der Waals surface area contributed by atoms with Gasteiger partial charge in [-0.15, -0.1) is 0 Å². The summed E-state index contributed by atoms with van der Waals surface area (Å²) in [6, 6.07) is 6.92. The van der Waals surface area contributed by atoms with Gasteiger partial charge in [0.05, 0.1) is 5.71 Å². The zero-order valence-corrected chi connectivity index (χ0v) is 10.9. The first-order chi connectivity index (χ1) is 8.65. The zero-order chi connectivity index (χ0) is 13.4. The van der Waals surface area contributed by atoms with Crippen molar-refractivity contribution < 1.29 is 9.90 Å². The van der Waals surface area contributed by atoms with Crippen molar-refractivity contribution in [2.75, 3.05) is 0 Å². The van der Waals surface area contributed by atoms with Gasteiger partial charge in [0.15, 0.2) is 0 Å². The number of para-hydroxylation sites is 1. The summed E-state index contributed by atoms with van der Waals surface area (Å²) in [6.07, 6.45) is 3.52. The first-order valence-electron chi connectivity index (χ1n) is 6.26. The number of hydrogen-bond acceptors (Lipinski definition) is 3. The average molecular weight is 248 g/mol. The number of carbonyl (C=O) groups is 1. The zero-order valence-electron chi connectivity index (χ0n) is 10.9. The molecule has 2 N–H and O–H groups in total. The van der Waals surface area contributed by atoms with E-state index in [9.17, 15) is 9.90 Å². The Labute approximate surface area is 108 Å². The van der Waals surface area contributed by atoms with Crippen LogP contribution in [0.3, 0.4) is 0 Å². The number of amides is 1. The van der Waals surface area contributed by atoms with Gasteiger partial charge >= 0.3 is 0 Å². The molecule has 1 amide bonds. The maximum Gasteiger partial charge on any atom is 0.240 e. The molecular weight excluding hydrogens is 228 g/mol. The molecule has 0 fully saturated rings. The number of nitrogens with zero attached hydrogens (tertiary/aromatic N) is 1. The minimum atomic E-state index is -0.0850. The standard InChI is InChI=1S/C14H20N2O2/c1-3-4-5-10-14(18)16-15-11(2)12-8-6-7-9-13(12)17/h6-9,17H,3-5,10H2,1-2H3,(H,16,18)/b15-11+. The van der Waals surface area contributed by atoms with Crippen LogP contribution in [0.1, 0.15) is 45.1 Å². The Morgan fingerprint density at radius 1 is 1.33 bits per heavy atom. The normalized spacial score (nSPS) is 11.3. The molecule has 0 aliphatic rings. The molecule has 0 aromatic heterocycles. The Morgan fingerprint density at radius 2 is 2.06 bits per heavy atom. The van der Waals surface area contributed by atoms with Gasteiger partial charge in [0.2, 0.25) is 5.91 Å². The summed E-state index contributed by atoms with van der Waals surface area (Å²) in [5.74, 6) is 0.0807. The van der Waals surface area contributed by atoms with E-state index in [0.717, 1.165) is 19.3 Å². The number of carbonyl (C=O) groups excluding carboxylic acids is 1. The van der Waals surface area contributed by atoms with Crippen molar-refractivity contribution in [1.82, 2.24) is 5.43 Å². The molecule has 18 heavy (non-hydrogen) atoms. The summed E-state index contributed by atoms with van der Waals surface area (Å²) < 4.78 is 0. The van der Waals surface area contributed by atoms with Crippen LogP contribution >= 0.6 is 0 Å². The van der Waals surface area contributed by atoms with Crippen molar-refractivity contribution in [3.8, 4) is 5.75 Å². The third-order valence-corrected chi connectivity index (χ3v) is 2.65. The molecule has 0 aliphatic carbocycles. The Hall–Kier alpha value is -1.84. The van der Waals surface area contributed by atoms with Crippen LogP contribution in [0, 0.1) is 0 Å². The fraction of sp³-hybridized carbons (Fsp3) is 0.429. The number of benzene rings is 1. The van der Waals surface area contributed by atoms with Gasteiger partial charge in [0, 0.05) is 12.0 Å². The predicted octanol–water partition coefficient (Wildman–Crippen LogP) is 2.81. The first-order valence-corrected chi connectivity index (χ1v) is 6.26. The van der Waals surface area contributed by atoms with Crippen LogP contribution in [-0.4, -0.2) is 16.7 Å². The van der Waals surface area contributed by atoms with E-state index in [-0.39, 0.29) is 11.7 Å². The Morgan fingerprint density at radius 3 is 2.72 bits per heavy atom. The number of hydrogen-bond donors (Lipinski definition) is 2. The minimum absolute atomic E-state index is 0.0850. The maximum absolute atomic E-state index is 11.5. The van der Waals surface area contributed by atoms with Crippen LogP contribution in [0.4, 0.5) is 0 Å². The van der Waals surface area contributed by atoms with Crippen molar-refractivity contribution in [1.29, 1.82) is 0 Å². The largest absolute Gasteiger partial charge is 0.507 e. The van der Waals surface area contributed by atoms with Crippen LogP contribution in [0.15, 0.2) is 29.4 Å². The maximum atomic E-state index is 11.5. The molecule has 0 saturated carbocycles. The molecule has 1 aromatic rings. The Bertz CT molecular complexity index is 428. The number of hydrazone groups is 1. The van der Waals surface area contributed by atoms with Gasteiger partial charge in [-0.1, -0.05) is 31.9 Å². The predicted molar refractivity (Wildman–Crippen MR) is 72.6 cm³/mol. The molecule has 0 aliphatic heterocycles. The fourth-order valence-corrected chi connectivity index (χ4v) is 1.58. The van der Waals surface area contributed by atoms with Crippen LogP contribution in [0.5, 0.6) is 5.75 Å². The first kappa shape index (κ1) is 14.2. The van der Waals surface area contributed by atoms with Gasteiger partial charge in [-0.3, -0.25) is 4.79 Å². The monoisotopic (exact) mass is 248 g/mol. The number of nitrogens with one attached hydrogen (secondary N) is 1. The third kappa shape index (κ3) is 4.57. The summed E-state index contributed by atoms with van der Waals surface area (Å²) >= 11 is 0. The van der Waals surface area contributed by atoms with Crippen LogP contribution in [0.2, 0.25) is 0 Å². The number of rotatable bonds is 6. The lowest BCUT2D eigenvalue weighted by Crippen LogP contribution is -2.18. The number of phenolic OH excluding ortho intramolecular Hbond substituents is 1. The topological polar surface area (TPSA) is 61.7 Å². The van der Waals surface area contributed by atoms with E-state index >= 15 is 0 Å². The highest BCUT2D eigenvalue weighted by atomic mass is 16.3. The van der Waals surface area contributed by atoms with E-state index in [1.807, 2.05) is 6.07 Å². The molecule has 0 heterocycles. The number of phenols is 1. The van der Waals surface area contributed by atoms with Gasteiger partial charge in [-0.2, -0.15) is 5.10 Å². The highest BCUT2D eigenvalue weighted by Crippen LogP contribution is 2.16. The van der Waals surface area contributed by atoms with Crippen LogP contribution in [0.25, 0.3) is 0 Å². The molecule has 0 saturated heterocycles. The van der Waals surface area contributed by atoms with Gasteiger partial charge < -0.3 is 5.11 Å². The Kier molecular flexibility index (Phi) is 5.91. The van der Waals surface area contributed by atoms with E-state index in [1.165, 1.54) is 0 Å². The molecule has 0 bridgehead atoms. The number of aromatic hydroxyl groups is 1. The summed E-state index contributed by atoms with van der Waals surface area (Å²) in [5, 5.41) is 13.6. The van der Waals surface area contributed by atoms with Crippen molar-refractivity contribution in [2.45, 2.75) is 39.5 Å².